The molecule has 0 aliphatic carbocycles. The summed E-state index contributed by atoms with van der Waals surface area (Å²) in [7, 11) is 1.51. The summed E-state index contributed by atoms with van der Waals surface area (Å²) in [6.45, 7) is 1.00. The third kappa shape index (κ3) is 4.22. The van der Waals surface area contributed by atoms with Crippen LogP contribution in [0.1, 0.15) is 16.3 Å². The van der Waals surface area contributed by atoms with Crippen molar-refractivity contribution < 1.29 is 13.2 Å². The molecule has 106 valence electrons. The van der Waals surface area contributed by atoms with Crippen molar-refractivity contribution >= 4 is 23.7 Å². The average Bonchev–Trinajstić information content (AvgIpc) is 2.88. The van der Waals surface area contributed by atoms with Gasteiger partial charge in [0.15, 0.2) is 5.69 Å². The maximum absolute atomic E-state index is 12.4. The molecule has 0 amide bonds. The van der Waals surface area contributed by atoms with Crippen molar-refractivity contribution in [3.05, 3.63) is 39.8 Å². The Balaban J connectivity index is 0.00000180. The highest BCUT2D eigenvalue weighted by Gasteiger charge is 2.34. The third-order valence-corrected chi connectivity index (χ3v) is 3.33. The minimum absolute atomic E-state index is 0. The minimum Gasteiger partial charge on any atom is -0.306 e. The lowest BCUT2D eigenvalue weighted by Crippen LogP contribution is -2.14. The number of hydrogen-bond acceptors (Lipinski definition) is 3. The van der Waals surface area contributed by atoms with Crippen LogP contribution in [0.4, 0.5) is 13.2 Å². The van der Waals surface area contributed by atoms with E-state index in [0.717, 1.165) is 10.9 Å². The van der Waals surface area contributed by atoms with Crippen LogP contribution in [0.3, 0.4) is 0 Å². The van der Waals surface area contributed by atoms with E-state index in [1.54, 1.807) is 11.3 Å². The Morgan fingerprint density at radius 2 is 2.11 bits per heavy atom. The van der Waals surface area contributed by atoms with E-state index in [-0.39, 0.29) is 12.4 Å². The van der Waals surface area contributed by atoms with E-state index in [1.807, 2.05) is 17.5 Å². The quantitative estimate of drug-likeness (QED) is 0.939. The van der Waals surface area contributed by atoms with Gasteiger partial charge in [-0.15, -0.1) is 23.7 Å². The number of alkyl halides is 3. The molecule has 0 aromatic carbocycles. The third-order valence-electron chi connectivity index (χ3n) is 2.45. The molecule has 0 unspecified atom stereocenters. The number of thiophene rings is 1. The van der Waals surface area contributed by atoms with Crippen LogP contribution >= 0.6 is 23.7 Å². The van der Waals surface area contributed by atoms with Crippen LogP contribution in [-0.4, -0.2) is 9.78 Å². The van der Waals surface area contributed by atoms with Gasteiger partial charge in [-0.1, -0.05) is 6.07 Å². The lowest BCUT2D eigenvalue weighted by atomic mass is 10.3. The Labute approximate surface area is 118 Å². The standard InChI is InChI=1S/C11H12F3N3S.ClH/c1-17-8(5-10(16-17)11(12,13)14)6-15-7-9-3-2-4-18-9;/h2-5,15H,6-7H2,1H3;1H. The van der Waals surface area contributed by atoms with Crippen molar-refractivity contribution in [2.75, 3.05) is 0 Å². The second-order valence-corrected chi connectivity index (χ2v) is 4.86. The van der Waals surface area contributed by atoms with Crippen molar-refractivity contribution in [1.29, 1.82) is 0 Å². The van der Waals surface area contributed by atoms with E-state index in [9.17, 15) is 13.2 Å². The molecule has 0 fully saturated rings. The monoisotopic (exact) mass is 311 g/mol. The van der Waals surface area contributed by atoms with Crippen molar-refractivity contribution in [3.8, 4) is 0 Å². The minimum atomic E-state index is -4.39. The fourth-order valence-corrected chi connectivity index (χ4v) is 2.21. The molecular weight excluding hydrogens is 299 g/mol. The molecule has 1 N–H and O–H groups in total. The van der Waals surface area contributed by atoms with Crippen molar-refractivity contribution in [3.63, 3.8) is 0 Å². The predicted octanol–water partition coefficient (Wildman–Crippen LogP) is 3.21. The zero-order chi connectivity index (χ0) is 13.2. The van der Waals surface area contributed by atoms with Crippen LogP contribution < -0.4 is 5.32 Å². The van der Waals surface area contributed by atoms with Gasteiger partial charge >= 0.3 is 6.18 Å². The summed E-state index contributed by atoms with van der Waals surface area (Å²) < 4.78 is 38.6. The van der Waals surface area contributed by atoms with Crippen molar-refractivity contribution in [2.45, 2.75) is 19.3 Å². The first-order valence-electron chi connectivity index (χ1n) is 5.30. The number of nitrogens with zero attached hydrogens (tertiary/aromatic N) is 2. The fourth-order valence-electron chi connectivity index (χ4n) is 1.54. The molecule has 3 nitrogen and oxygen atoms in total. The Morgan fingerprint density at radius 3 is 2.63 bits per heavy atom. The maximum atomic E-state index is 12.4. The number of rotatable bonds is 4. The summed E-state index contributed by atoms with van der Waals surface area (Å²) in [5, 5.41) is 8.50. The normalized spacial score (nSPS) is 11.4. The van der Waals surface area contributed by atoms with E-state index >= 15 is 0 Å². The lowest BCUT2D eigenvalue weighted by molar-refractivity contribution is -0.141. The highest BCUT2D eigenvalue weighted by atomic mass is 35.5. The summed E-state index contributed by atoms with van der Waals surface area (Å²) in [4.78, 5) is 1.15. The van der Waals surface area contributed by atoms with Crippen molar-refractivity contribution in [1.82, 2.24) is 15.1 Å². The second-order valence-electron chi connectivity index (χ2n) is 3.83. The highest BCUT2D eigenvalue weighted by Crippen LogP contribution is 2.28. The number of nitrogens with one attached hydrogen (secondary N) is 1. The Hall–Kier alpha value is -1.05. The number of hydrogen-bond donors (Lipinski definition) is 1. The van der Waals surface area contributed by atoms with Crippen molar-refractivity contribution in [2.24, 2.45) is 7.05 Å². The topological polar surface area (TPSA) is 29.9 Å². The average molecular weight is 312 g/mol. The molecule has 0 aliphatic rings. The predicted molar refractivity (Wildman–Crippen MR) is 70.3 cm³/mol. The first-order chi connectivity index (χ1) is 8.47. The zero-order valence-electron chi connectivity index (χ0n) is 10.1. The maximum Gasteiger partial charge on any atom is 0.435 e. The van der Waals surface area contributed by atoms with Crippen LogP contribution in [0.5, 0.6) is 0 Å². The van der Waals surface area contributed by atoms with Gasteiger partial charge in [-0.05, 0) is 17.5 Å². The number of aryl methyl sites for hydroxylation is 1. The molecule has 0 saturated carbocycles. The van der Waals surface area contributed by atoms with E-state index in [4.69, 9.17) is 0 Å². The molecule has 19 heavy (non-hydrogen) atoms. The molecule has 0 spiro atoms. The highest BCUT2D eigenvalue weighted by molar-refractivity contribution is 7.09. The Kier molecular flexibility index (Phi) is 5.39. The molecule has 2 rings (SSSR count). The van der Waals surface area contributed by atoms with Gasteiger partial charge < -0.3 is 5.32 Å². The number of halogens is 4. The van der Waals surface area contributed by atoms with Gasteiger partial charge in [0.05, 0.1) is 5.69 Å². The molecule has 0 radical (unpaired) electrons. The molecular formula is C11H13ClF3N3S. The molecule has 2 aromatic heterocycles. The van der Waals surface area contributed by atoms with E-state index in [2.05, 4.69) is 10.4 Å². The summed E-state index contributed by atoms with van der Waals surface area (Å²) in [6, 6.07) is 4.98. The lowest BCUT2D eigenvalue weighted by Gasteiger charge is -2.03. The van der Waals surface area contributed by atoms with E-state index in [0.29, 0.717) is 18.8 Å². The molecule has 2 heterocycles. The van der Waals surface area contributed by atoms with Crippen LogP contribution in [0, 0.1) is 0 Å². The molecule has 0 atom stereocenters. The smallest absolute Gasteiger partial charge is 0.306 e. The first kappa shape index (κ1) is 16.0. The van der Waals surface area contributed by atoms with Crippen LogP contribution in [0.2, 0.25) is 0 Å². The largest absolute Gasteiger partial charge is 0.435 e. The van der Waals surface area contributed by atoms with Crippen LogP contribution in [0.15, 0.2) is 23.6 Å². The van der Waals surface area contributed by atoms with Gasteiger partial charge in [0.1, 0.15) is 0 Å². The second kappa shape index (κ2) is 6.40. The molecule has 0 aliphatic heterocycles. The summed E-state index contributed by atoms with van der Waals surface area (Å²) in [6.07, 6.45) is -4.39. The van der Waals surface area contributed by atoms with E-state index in [1.165, 1.54) is 11.7 Å². The van der Waals surface area contributed by atoms with Gasteiger partial charge in [0.25, 0.3) is 0 Å². The van der Waals surface area contributed by atoms with Gasteiger partial charge in [-0.2, -0.15) is 18.3 Å². The number of aromatic nitrogens is 2. The Bertz CT molecular complexity index is 508. The first-order valence-corrected chi connectivity index (χ1v) is 6.18. The van der Waals surface area contributed by atoms with Gasteiger partial charge in [0.2, 0.25) is 0 Å². The van der Waals surface area contributed by atoms with Crippen LogP contribution in [0.25, 0.3) is 0 Å². The van der Waals surface area contributed by atoms with Gasteiger partial charge in [0, 0.05) is 25.0 Å². The zero-order valence-corrected chi connectivity index (χ0v) is 11.7. The molecule has 2 aromatic rings. The van der Waals surface area contributed by atoms with Crippen LogP contribution in [-0.2, 0) is 26.3 Å². The fraction of sp³-hybridized carbons (Fsp3) is 0.364. The SMILES string of the molecule is Cl.Cn1nc(C(F)(F)F)cc1CNCc1cccs1. The van der Waals surface area contributed by atoms with E-state index < -0.39 is 11.9 Å². The van der Waals surface area contributed by atoms with Gasteiger partial charge in [-0.25, -0.2) is 0 Å². The summed E-state index contributed by atoms with van der Waals surface area (Å²) in [5.74, 6) is 0. The molecule has 0 bridgehead atoms. The van der Waals surface area contributed by atoms with Gasteiger partial charge in [-0.3, -0.25) is 4.68 Å². The summed E-state index contributed by atoms with van der Waals surface area (Å²) in [5.41, 5.74) is -0.336. The molecule has 0 saturated heterocycles. The Morgan fingerprint density at radius 1 is 1.37 bits per heavy atom. The summed E-state index contributed by atoms with van der Waals surface area (Å²) >= 11 is 1.61. The molecule has 8 heteroatoms.